The van der Waals surface area contributed by atoms with Crippen LogP contribution in [0.3, 0.4) is 0 Å². The third-order valence-corrected chi connectivity index (χ3v) is 2.41. The molecule has 0 atom stereocenters. The standard InChI is InChI=1S/C9H12N2O4/c12-7-8(13)11(9(14)10-7)3-4-15-5-6-1-2-6/h6H,1-5H2,(H,10,12,14). The predicted octanol–water partition coefficient (Wildman–Crippen LogP) is -0.509. The molecule has 1 heterocycles. The van der Waals surface area contributed by atoms with Gasteiger partial charge in [-0.15, -0.1) is 0 Å². The fraction of sp³-hybridized carbons (Fsp3) is 0.667. The molecule has 0 unspecified atom stereocenters. The summed E-state index contributed by atoms with van der Waals surface area (Å²) in [6.07, 6.45) is 2.39. The first-order valence-electron chi connectivity index (χ1n) is 4.93. The molecule has 2 rings (SSSR count). The molecule has 0 spiro atoms. The minimum Gasteiger partial charge on any atom is -0.379 e. The SMILES string of the molecule is O=C1NC(=O)N(CCOCC2CC2)C1=O. The lowest BCUT2D eigenvalue weighted by atomic mass is 10.4. The van der Waals surface area contributed by atoms with Gasteiger partial charge in [0.25, 0.3) is 0 Å². The Labute approximate surface area is 86.6 Å². The molecule has 0 radical (unpaired) electrons. The second kappa shape index (κ2) is 3.98. The van der Waals surface area contributed by atoms with Crippen LogP contribution in [0.1, 0.15) is 12.8 Å². The zero-order valence-electron chi connectivity index (χ0n) is 8.19. The van der Waals surface area contributed by atoms with Crippen molar-refractivity contribution in [2.24, 2.45) is 5.92 Å². The first-order chi connectivity index (χ1) is 7.18. The number of carbonyl (C=O) groups excluding carboxylic acids is 3. The topological polar surface area (TPSA) is 75.7 Å². The summed E-state index contributed by atoms with van der Waals surface area (Å²) in [5.41, 5.74) is 0. The molecule has 0 aromatic heterocycles. The Bertz CT molecular complexity index is 311. The maximum atomic E-state index is 11.1. The lowest BCUT2D eigenvalue weighted by Gasteiger charge is -2.10. The van der Waals surface area contributed by atoms with E-state index >= 15 is 0 Å². The van der Waals surface area contributed by atoms with Crippen LogP contribution in [0.5, 0.6) is 0 Å². The molecule has 0 aromatic carbocycles. The van der Waals surface area contributed by atoms with Crippen LogP contribution >= 0.6 is 0 Å². The fourth-order valence-corrected chi connectivity index (χ4v) is 1.33. The van der Waals surface area contributed by atoms with Crippen LogP contribution in [0.15, 0.2) is 0 Å². The van der Waals surface area contributed by atoms with Crippen LogP contribution in [-0.4, -0.2) is 42.5 Å². The maximum Gasteiger partial charge on any atom is 0.331 e. The predicted molar refractivity (Wildman–Crippen MR) is 48.8 cm³/mol. The molecule has 2 aliphatic rings. The highest BCUT2D eigenvalue weighted by Crippen LogP contribution is 2.28. The van der Waals surface area contributed by atoms with Crippen molar-refractivity contribution in [3.05, 3.63) is 0 Å². The summed E-state index contributed by atoms with van der Waals surface area (Å²) in [6.45, 7) is 1.11. The highest BCUT2D eigenvalue weighted by Gasteiger charge is 2.36. The first kappa shape index (κ1) is 10.1. The number of imide groups is 2. The molecule has 0 aromatic rings. The first-order valence-corrected chi connectivity index (χ1v) is 4.93. The van der Waals surface area contributed by atoms with E-state index in [1.54, 1.807) is 0 Å². The van der Waals surface area contributed by atoms with Gasteiger partial charge in [0.1, 0.15) is 0 Å². The van der Waals surface area contributed by atoms with Gasteiger partial charge in [0, 0.05) is 6.61 Å². The number of hydrogen-bond donors (Lipinski definition) is 1. The smallest absolute Gasteiger partial charge is 0.331 e. The zero-order chi connectivity index (χ0) is 10.8. The largest absolute Gasteiger partial charge is 0.379 e. The van der Waals surface area contributed by atoms with E-state index in [9.17, 15) is 14.4 Å². The van der Waals surface area contributed by atoms with Gasteiger partial charge in [0.05, 0.1) is 13.2 Å². The van der Waals surface area contributed by atoms with E-state index in [1.807, 2.05) is 5.32 Å². The van der Waals surface area contributed by atoms with Crippen LogP contribution in [0.2, 0.25) is 0 Å². The highest BCUT2D eigenvalue weighted by molar-refractivity contribution is 6.44. The van der Waals surface area contributed by atoms with Crippen molar-refractivity contribution in [2.45, 2.75) is 12.8 Å². The summed E-state index contributed by atoms with van der Waals surface area (Å²) in [6, 6.07) is -0.653. The van der Waals surface area contributed by atoms with E-state index in [-0.39, 0.29) is 6.54 Å². The van der Waals surface area contributed by atoms with Crippen LogP contribution in [-0.2, 0) is 14.3 Å². The Morgan fingerprint density at radius 3 is 2.60 bits per heavy atom. The molecular formula is C9H12N2O4. The molecule has 1 N–H and O–H groups in total. The van der Waals surface area contributed by atoms with E-state index in [1.165, 1.54) is 12.8 Å². The van der Waals surface area contributed by atoms with Gasteiger partial charge >= 0.3 is 17.8 Å². The van der Waals surface area contributed by atoms with E-state index < -0.39 is 17.8 Å². The minimum absolute atomic E-state index is 0.142. The number of rotatable bonds is 5. The van der Waals surface area contributed by atoms with Gasteiger partial charge in [-0.3, -0.25) is 19.8 Å². The second-order valence-corrected chi connectivity index (χ2v) is 3.73. The molecule has 1 aliphatic heterocycles. The van der Waals surface area contributed by atoms with E-state index in [0.29, 0.717) is 19.1 Å². The lowest BCUT2D eigenvalue weighted by molar-refractivity contribution is -0.140. The van der Waals surface area contributed by atoms with Crippen LogP contribution in [0, 0.1) is 5.92 Å². The number of nitrogens with one attached hydrogen (secondary N) is 1. The molecule has 82 valence electrons. The molecule has 0 bridgehead atoms. The average Bonchev–Trinajstić information content (AvgIpc) is 2.96. The van der Waals surface area contributed by atoms with Crippen LogP contribution in [0.4, 0.5) is 4.79 Å². The van der Waals surface area contributed by atoms with Crippen molar-refractivity contribution in [2.75, 3.05) is 19.8 Å². The van der Waals surface area contributed by atoms with E-state index in [0.717, 1.165) is 4.90 Å². The molecule has 6 nitrogen and oxygen atoms in total. The number of urea groups is 1. The monoisotopic (exact) mass is 212 g/mol. The molecule has 4 amide bonds. The molecule has 2 fully saturated rings. The van der Waals surface area contributed by atoms with Gasteiger partial charge in [0.2, 0.25) is 0 Å². The molecular weight excluding hydrogens is 200 g/mol. The summed E-state index contributed by atoms with van der Waals surface area (Å²) in [7, 11) is 0. The van der Waals surface area contributed by atoms with Gasteiger partial charge in [0.15, 0.2) is 0 Å². The van der Waals surface area contributed by atoms with Gasteiger partial charge in [-0.05, 0) is 18.8 Å². The summed E-state index contributed by atoms with van der Waals surface area (Å²) in [5, 5.41) is 1.92. The Hall–Kier alpha value is -1.43. The van der Waals surface area contributed by atoms with Crippen molar-refractivity contribution in [1.29, 1.82) is 0 Å². The van der Waals surface area contributed by atoms with Gasteiger partial charge in [-0.1, -0.05) is 0 Å². The Kier molecular flexibility index (Phi) is 2.68. The van der Waals surface area contributed by atoms with Gasteiger partial charge in [-0.25, -0.2) is 4.79 Å². The summed E-state index contributed by atoms with van der Waals surface area (Å²) in [5.74, 6) is -1.01. The van der Waals surface area contributed by atoms with Crippen LogP contribution in [0.25, 0.3) is 0 Å². The zero-order valence-corrected chi connectivity index (χ0v) is 8.19. The van der Waals surface area contributed by atoms with Gasteiger partial charge in [-0.2, -0.15) is 0 Å². The highest BCUT2D eigenvalue weighted by atomic mass is 16.5. The number of nitrogens with zero attached hydrogens (tertiary/aromatic N) is 1. The van der Waals surface area contributed by atoms with E-state index in [4.69, 9.17) is 4.74 Å². The second-order valence-electron chi connectivity index (χ2n) is 3.73. The average molecular weight is 212 g/mol. The summed E-state index contributed by atoms with van der Waals surface area (Å²) >= 11 is 0. The number of carbonyl (C=O) groups is 3. The molecule has 6 heteroatoms. The minimum atomic E-state index is -0.859. The molecule has 1 aliphatic carbocycles. The van der Waals surface area contributed by atoms with Crippen LogP contribution < -0.4 is 5.32 Å². The fourth-order valence-electron chi connectivity index (χ4n) is 1.33. The molecule has 15 heavy (non-hydrogen) atoms. The maximum absolute atomic E-state index is 11.1. The quantitative estimate of drug-likeness (QED) is 0.378. The third kappa shape index (κ3) is 2.33. The lowest BCUT2D eigenvalue weighted by Crippen LogP contribution is -2.34. The van der Waals surface area contributed by atoms with E-state index in [2.05, 4.69) is 0 Å². The van der Waals surface area contributed by atoms with Crippen molar-refractivity contribution >= 4 is 17.8 Å². The molecule has 1 saturated carbocycles. The van der Waals surface area contributed by atoms with Crippen molar-refractivity contribution in [3.63, 3.8) is 0 Å². The summed E-state index contributed by atoms with van der Waals surface area (Å²) < 4.78 is 5.27. The Morgan fingerprint density at radius 1 is 1.33 bits per heavy atom. The van der Waals surface area contributed by atoms with Crippen molar-refractivity contribution < 1.29 is 19.1 Å². The number of hydrogen-bond acceptors (Lipinski definition) is 4. The molecule has 1 saturated heterocycles. The third-order valence-electron chi connectivity index (χ3n) is 2.41. The summed E-state index contributed by atoms with van der Waals surface area (Å²) in [4.78, 5) is 33.8. The number of ether oxygens (including phenoxy) is 1. The van der Waals surface area contributed by atoms with Crippen molar-refractivity contribution in [1.82, 2.24) is 10.2 Å². The normalized spacial score (nSPS) is 21.1. The van der Waals surface area contributed by atoms with Gasteiger partial charge < -0.3 is 4.74 Å². The Morgan fingerprint density at radius 2 is 2.07 bits per heavy atom. The number of amides is 4. The Balaban J connectivity index is 1.70. The van der Waals surface area contributed by atoms with Crippen molar-refractivity contribution in [3.8, 4) is 0 Å².